The molecule has 0 radical (unpaired) electrons. The largest absolute Gasteiger partial charge is 0.353 e. The topological polar surface area (TPSA) is 29.1 Å². The monoisotopic (exact) mass is 235 g/mol. The van der Waals surface area contributed by atoms with Crippen LogP contribution in [0.25, 0.3) is 6.08 Å². The van der Waals surface area contributed by atoms with Gasteiger partial charge in [0.1, 0.15) is 5.82 Å². The average Bonchev–Trinajstić information content (AvgIpc) is 2.28. The van der Waals surface area contributed by atoms with Gasteiger partial charge in [0.2, 0.25) is 5.91 Å². The number of benzene rings is 1. The minimum Gasteiger partial charge on any atom is -0.353 e. The van der Waals surface area contributed by atoms with Crippen molar-refractivity contribution >= 4 is 12.0 Å². The third kappa shape index (κ3) is 5.85. The Morgan fingerprint density at radius 1 is 1.35 bits per heavy atom. The molecule has 0 saturated heterocycles. The quantitative estimate of drug-likeness (QED) is 0.781. The van der Waals surface area contributed by atoms with Crippen LogP contribution in [0.1, 0.15) is 25.8 Å². The summed E-state index contributed by atoms with van der Waals surface area (Å²) in [6, 6.07) is 6.01. The maximum absolute atomic E-state index is 12.6. The molecular weight excluding hydrogens is 217 g/mol. The first-order valence-corrected chi connectivity index (χ1v) is 5.79. The third-order valence-electron chi connectivity index (χ3n) is 2.32. The standard InChI is InChI=1S/C14H18FNO/c1-11(2)9-10-16-14(17)8-5-12-3-6-13(15)7-4-12/h3-8,11H,9-10H2,1-2H3,(H,16,17)/b8-5+. The van der Waals surface area contributed by atoms with E-state index < -0.39 is 0 Å². The van der Waals surface area contributed by atoms with E-state index in [1.54, 1.807) is 18.2 Å². The van der Waals surface area contributed by atoms with Gasteiger partial charge in [-0.2, -0.15) is 0 Å². The fourth-order valence-corrected chi connectivity index (χ4v) is 1.29. The Hall–Kier alpha value is -1.64. The minimum absolute atomic E-state index is 0.116. The van der Waals surface area contributed by atoms with Gasteiger partial charge in [0.15, 0.2) is 0 Å². The van der Waals surface area contributed by atoms with Crippen LogP contribution in [0.15, 0.2) is 30.3 Å². The summed E-state index contributed by atoms with van der Waals surface area (Å²) < 4.78 is 12.6. The lowest BCUT2D eigenvalue weighted by Gasteiger charge is -2.04. The highest BCUT2D eigenvalue weighted by atomic mass is 19.1. The second kappa shape index (κ2) is 6.84. The van der Waals surface area contributed by atoms with Crippen molar-refractivity contribution in [3.63, 3.8) is 0 Å². The van der Waals surface area contributed by atoms with Gasteiger partial charge in [-0.25, -0.2) is 4.39 Å². The molecule has 1 aromatic carbocycles. The molecule has 0 aromatic heterocycles. The van der Waals surface area contributed by atoms with Gasteiger partial charge in [0, 0.05) is 12.6 Å². The Balaban J connectivity index is 2.37. The number of nitrogens with one attached hydrogen (secondary N) is 1. The second-order valence-electron chi connectivity index (χ2n) is 4.36. The summed E-state index contributed by atoms with van der Waals surface area (Å²) in [5, 5.41) is 2.80. The van der Waals surface area contributed by atoms with Crippen LogP contribution in [-0.4, -0.2) is 12.5 Å². The molecule has 92 valence electrons. The van der Waals surface area contributed by atoms with Gasteiger partial charge >= 0.3 is 0 Å². The van der Waals surface area contributed by atoms with Crippen LogP contribution in [0, 0.1) is 11.7 Å². The molecule has 0 aliphatic carbocycles. The maximum atomic E-state index is 12.6. The average molecular weight is 235 g/mol. The molecule has 2 nitrogen and oxygen atoms in total. The fourth-order valence-electron chi connectivity index (χ4n) is 1.29. The van der Waals surface area contributed by atoms with Crippen LogP contribution in [0.5, 0.6) is 0 Å². The highest BCUT2D eigenvalue weighted by Gasteiger charge is 1.97. The number of rotatable bonds is 5. The van der Waals surface area contributed by atoms with E-state index in [-0.39, 0.29) is 11.7 Å². The molecule has 0 fully saturated rings. The molecule has 3 heteroatoms. The molecule has 1 aromatic rings. The van der Waals surface area contributed by atoms with Crippen molar-refractivity contribution in [3.8, 4) is 0 Å². The van der Waals surface area contributed by atoms with Gasteiger partial charge in [-0.05, 0) is 36.1 Å². The summed E-state index contributed by atoms with van der Waals surface area (Å²) in [6.45, 7) is 4.91. The van der Waals surface area contributed by atoms with Crippen LogP contribution in [0.2, 0.25) is 0 Å². The zero-order valence-corrected chi connectivity index (χ0v) is 10.2. The van der Waals surface area contributed by atoms with Gasteiger partial charge in [-0.15, -0.1) is 0 Å². The predicted octanol–water partition coefficient (Wildman–Crippen LogP) is 3.00. The van der Waals surface area contributed by atoms with E-state index in [9.17, 15) is 9.18 Å². The van der Waals surface area contributed by atoms with Crippen molar-refractivity contribution in [1.82, 2.24) is 5.32 Å². The molecule has 1 N–H and O–H groups in total. The fraction of sp³-hybridized carbons (Fsp3) is 0.357. The molecule has 0 heterocycles. The Morgan fingerprint density at radius 3 is 2.59 bits per heavy atom. The molecule has 0 atom stereocenters. The molecule has 1 amide bonds. The zero-order valence-electron chi connectivity index (χ0n) is 10.2. The Kier molecular flexibility index (Phi) is 5.40. The molecule has 17 heavy (non-hydrogen) atoms. The molecule has 0 saturated carbocycles. The summed E-state index contributed by atoms with van der Waals surface area (Å²) in [5.74, 6) is 0.190. The highest BCUT2D eigenvalue weighted by molar-refractivity contribution is 5.91. The molecule has 0 spiro atoms. The lowest BCUT2D eigenvalue weighted by molar-refractivity contribution is -0.116. The molecular formula is C14H18FNO. The van der Waals surface area contributed by atoms with Crippen molar-refractivity contribution in [3.05, 3.63) is 41.7 Å². The highest BCUT2D eigenvalue weighted by Crippen LogP contribution is 2.04. The number of carbonyl (C=O) groups excluding carboxylic acids is 1. The van der Waals surface area contributed by atoms with Crippen molar-refractivity contribution in [1.29, 1.82) is 0 Å². The molecule has 0 unspecified atom stereocenters. The summed E-state index contributed by atoms with van der Waals surface area (Å²) in [5.41, 5.74) is 0.811. The van der Waals surface area contributed by atoms with E-state index in [1.807, 2.05) is 0 Å². The molecule has 0 aliphatic rings. The van der Waals surface area contributed by atoms with Gasteiger partial charge in [-0.3, -0.25) is 4.79 Å². The van der Waals surface area contributed by atoms with Crippen LogP contribution >= 0.6 is 0 Å². The predicted molar refractivity (Wildman–Crippen MR) is 67.9 cm³/mol. The maximum Gasteiger partial charge on any atom is 0.243 e. The number of amides is 1. The van der Waals surface area contributed by atoms with Crippen LogP contribution in [-0.2, 0) is 4.79 Å². The SMILES string of the molecule is CC(C)CCNC(=O)/C=C/c1ccc(F)cc1. The number of halogens is 1. The summed E-state index contributed by atoms with van der Waals surface area (Å²) >= 11 is 0. The van der Waals surface area contributed by atoms with E-state index in [0.29, 0.717) is 12.5 Å². The first-order valence-electron chi connectivity index (χ1n) is 5.79. The first-order chi connectivity index (χ1) is 8.08. The number of carbonyl (C=O) groups is 1. The first kappa shape index (κ1) is 13.4. The van der Waals surface area contributed by atoms with Crippen LogP contribution in [0.3, 0.4) is 0 Å². The third-order valence-corrected chi connectivity index (χ3v) is 2.32. The van der Waals surface area contributed by atoms with E-state index in [1.165, 1.54) is 18.2 Å². The normalized spacial score (nSPS) is 11.1. The van der Waals surface area contributed by atoms with E-state index in [2.05, 4.69) is 19.2 Å². The second-order valence-corrected chi connectivity index (χ2v) is 4.36. The van der Waals surface area contributed by atoms with Crippen molar-refractivity contribution in [2.45, 2.75) is 20.3 Å². The van der Waals surface area contributed by atoms with Crippen molar-refractivity contribution in [2.75, 3.05) is 6.54 Å². The van der Waals surface area contributed by atoms with Crippen LogP contribution < -0.4 is 5.32 Å². The Bertz CT molecular complexity index is 382. The molecule has 0 bridgehead atoms. The smallest absolute Gasteiger partial charge is 0.243 e. The number of hydrogen-bond acceptors (Lipinski definition) is 1. The van der Waals surface area contributed by atoms with Crippen molar-refractivity contribution in [2.24, 2.45) is 5.92 Å². The van der Waals surface area contributed by atoms with Gasteiger partial charge in [-0.1, -0.05) is 26.0 Å². The van der Waals surface area contributed by atoms with Gasteiger partial charge in [0.05, 0.1) is 0 Å². The molecule has 1 rings (SSSR count). The van der Waals surface area contributed by atoms with Crippen LogP contribution in [0.4, 0.5) is 4.39 Å². The Morgan fingerprint density at radius 2 is 2.00 bits per heavy atom. The van der Waals surface area contributed by atoms with E-state index >= 15 is 0 Å². The lowest BCUT2D eigenvalue weighted by atomic mass is 10.1. The number of hydrogen-bond donors (Lipinski definition) is 1. The minimum atomic E-state index is -0.275. The zero-order chi connectivity index (χ0) is 12.7. The Labute approximate surface area is 102 Å². The van der Waals surface area contributed by atoms with Gasteiger partial charge in [0.25, 0.3) is 0 Å². The lowest BCUT2D eigenvalue weighted by Crippen LogP contribution is -2.23. The van der Waals surface area contributed by atoms with Crippen molar-refractivity contribution < 1.29 is 9.18 Å². The van der Waals surface area contributed by atoms with E-state index in [4.69, 9.17) is 0 Å². The summed E-state index contributed by atoms with van der Waals surface area (Å²) in [7, 11) is 0. The van der Waals surface area contributed by atoms with E-state index in [0.717, 1.165) is 12.0 Å². The van der Waals surface area contributed by atoms with Gasteiger partial charge < -0.3 is 5.32 Å². The summed E-state index contributed by atoms with van der Waals surface area (Å²) in [6.07, 6.45) is 4.11. The summed E-state index contributed by atoms with van der Waals surface area (Å²) in [4.78, 5) is 11.4. The molecule has 0 aliphatic heterocycles.